The lowest BCUT2D eigenvalue weighted by molar-refractivity contribution is -0.139. The van der Waals surface area contributed by atoms with Crippen molar-refractivity contribution in [2.75, 3.05) is 6.61 Å². The minimum Gasteiger partial charge on any atom is -0.491 e. The number of aryl methyl sites for hydroxylation is 1. The quantitative estimate of drug-likeness (QED) is 0.922. The highest BCUT2D eigenvalue weighted by Gasteiger charge is 2.34. The summed E-state index contributed by atoms with van der Waals surface area (Å²) in [5.41, 5.74) is 7.05. The van der Waals surface area contributed by atoms with Crippen LogP contribution in [-0.4, -0.2) is 6.61 Å². The second kappa shape index (κ2) is 6.18. The van der Waals surface area contributed by atoms with Crippen molar-refractivity contribution in [3.8, 4) is 5.75 Å². The van der Waals surface area contributed by atoms with Gasteiger partial charge in [-0.15, -0.1) is 0 Å². The molecule has 0 bridgehead atoms. The third kappa shape index (κ3) is 3.76. The number of ether oxygens (including phenoxy) is 1. The van der Waals surface area contributed by atoms with Crippen LogP contribution in [0.15, 0.2) is 48.5 Å². The van der Waals surface area contributed by atoms with Crippen LogP contribution in [0.1, 0.15) is 22.7 Å². The molecule has 2 aromatic carbocycles. The Labute approximate surface area is 121 Å². The van der Waals surface area contributed by atoms with Crippen molar-refractivity contribution in [3.05, 3.63) is 65.2 Å². The molecule has 0 saturated carbocycles. The molecule has 2 N–H and O–H groups in total. The molecule has 0 aliphatic heterocycles. The van der Waals surface area contributed by atoms with Crippen molar-refractivity contribution in [2.24, 2.45) is 5.73 Å². The number of alkyl halides is 3. The van der Waals surface area contributed by atoms with E-state index >= 15 is 0 Å². The predicted octanol–water partition coefficient (Wildman–Crippen LogP) is 4.09. The number of halogens is 3. The van der Waals surface area contributed by atoms with Gasteiger partial charge in [-0.1, -0.05) is 36.4 Å². The minimum absolute atomic E-state index is 0.0159. The predicted molar refractivity (Wildman–Crippen MR) is 75.0 cm³/mol. The summed E-state index contributed by atoms with van der Waals surface area (Å²) in [5.74, 6) is -0.200. The van der Waals surface area contributed by atoms with Gasteiger partial charge in [0, 0.05) is 0 Å². The maximum atomic E-state index is 12.8. The van der Waals surface area contributed by atoms with Crippen LogP contribution in [-0.2, 0) is 6.18 Å². The molecule has 2 aromatic rings. The lowest BCUT2D eigenvalue weighted by Crippen LogP contribution is -2.21. The monoisotopic (exact) mass is 295 g/mol. The van der Waals surface area contributed by atoms with Gasteiger partial charge in [-0.05, 0) is 30.2 Å². The molecule has 5 heteroatoms. The summed E-state index contributed by atoms with van der Waals surface area (Å²) >= 11 is 0. The molecule has 1 unspecified atom stereocenters. The first-order valence-corrected chi connectivity index (χ1v) is 6.49. The first kappa shape index (κ1) is 15.4. The molecule has 0 radical (unpaired) electrons. The molecule has 0 aliphatic rings. The van der Waals surface area contributed by atoms with Gasteiger partial charge in [-0.3, -0.25) is 0 Å². The van der Waals surface area contributed by atoms with E-state index < -0.39 is 17.8 Å². The van der Waals surface area contributed by atoms with Gasteiger partial charge in [-0.2, -0.15) is 13.2 Å². The summed E-state index contributed by atoms with van der Waals surface area (Å²) in [6, 6.07) is 12.1. The summed E-state index contributed by atoms with van der Waals surface area (Å²) in [4.78, 5) is 0. The van der Waals surface area contributed by atoms with E-state index in [4.69, 9.17) is 10.5 Å². The van der Waals surface area contributed by atoms with Gasteiger partial charge in [0.25, 0.3) is 0 Å². The Morgan fingerprint density at radius 3 is 2.33 bits per heavy atom. The number of nitrogens with two attached hydrogens (primary N) is 1. The fourth-order valence-corrected chi connectivity index (χ4v) is 2.10. The van der Waals surface area contributed by atoms with Crippen molar-refractivity contribution in [1.82, 2.24) is 0 Å². The average molecular weight is 295 g/mol. The molecule has 0 spiro atoms. The molecule has 112 valence electrons. The summed E-state index contributed by atoms with van der Waals surface area (Å²) in [7, 11) is 0. The molecule has 0 aliphatic carbocycles. The van der Waals surface area contributed by atoms with Gasteiger partial charge in [0.1, 0.15) is 12.4 Å². The first-order chi connectivity index (χ1) is 9.89. The van der Waals surface area contributed by atoms with E-state index in [-0.39, 0.29) is 12.4 Å². The molecule has 0 fully saturated rings. The zero-order valence-corrected chi connectivity index (χ0v) is 11.5. The molecule has 0 amide bonds. The highest BCUT2D eigenvalue weighted by molar-refractivity contribution is 5.36. The highest BCUT2D eigenvalue weighted by Crippen LogP contribution is 2.36. The SMILES string of the molecule is Cc1ccccc1C(N)COc1ccccc1C(F)(F)F. The van der Waals surface area contributed by atoms with Gasteiger partial charge in [0.2, 0.25) is 0 Å². The van der Waals surface area contributed by atoms with Crippen LogP contribution >= 0.6 is 0 Å². The molecule has 0 aromatic heterocycles. The molecule has 1 atom stereocenters. The Balaban J connectivity index is 2.12. The summed E-state index contributed by atoms with van der Waals surface area (Å²) in [5, 5.41) is 0. The van der Waals surface area contributed by atoms with Crippen LogP contribution in [0.5, 0.6) is 5.75 Å². The maximum absolute atomic E-state index is 12.8. The Morgan fingerprint density at radius 1 is 1.05 bits per heavy atom. The standard InChI is InChI=1S/C16H16F3NO/c1-11-6-2-3-7-12(11)14(20)10-21-15-9-5-4-8-13(15)16(17,18)19/h2-9,14H,10,20H2,1H3. The van der Waals surface area contributed by atoms with Crippen molar-refractivity contribution >= 4 is 0 Å². The summed E-state index contributed by atoms with van der Waals surface area (Å²) in [6.45, 7) is 1.89. The molecular weight excluding hydrogens is 279 g/mol. The van der Waals surface area contributed by atoms with Crippen molar-refractivity contribution < 1.29 is 17.9 Å². The van der Waals surface area contributed by atoms with Gasteiger partial charge < -0.3 is 10.5 Å². The van der Waals surface area contributed by atoms with Gasteiger partial charge in [0.05, 0.1) is 11.6 Å². The van der Waals surface area contributed by atoms with Crippen molar-refractivity contribution in [2.45, 2.75) is 19.1 Å². The Bertz CT molecular complexity index is 610. The summed E-state index contributed by atoms with van der Waals surface area (Å²) in [6.07, 6.45) is -4.44. The van der Waals surface area contributed by atoms with Crippen LogP contribution < -0.4 is 10.5 Å². The summed E-state index contributed by atoms with van der Waals surface area (Å²) < 4.78 is 43.8. The zero-order valence-electron chi connectivity index (χ0n) is 11.5. The molecule has 0 heterocycles. The molecule has 21 heavy (non-hydrogen) atoms. The lowest BCUT2D eigenvalue weighted by Gasteiger charge is -2.18. The third-order valence-corrected chi connectivity index (χ3v) is 3.20. The minimum atomic E-state index is -4.44. The van der Waals surface area contributed by atoms with Gasteiger partial charge in [-0.25, -0.2) is 0 Å². The van der Waals surface area contributed by atoms with E-state index in [1.54, 1.807) is 0 Å². The van der Waals surface area contributed by atoms with Crippen LogP contribution in [0.2, 0.25) is 0 Å². The van der Waals surface area contributed by atoms with Crippen LogP contribution in [0, 0.1) is 6.92 Å². The number of para-hydroxylation sites is 1. The largest absolute Gasteiger partial charge is 0.491 e. The van der Waals surface area contributed by atoms with Crippen molar-refractivity contribution in [1.29, 1.82) is 0 Å². The number of rotatable bonds is 4. The second-order valence-corrected chi connectivity index (χ2v) is 4.77. The Morgan fingerprint density at radius 2 is 1.67 bits per heavy atom. The van der Waals surface area contributed by atoms with E-state index in [0.717, 1.165) is 17.2 Å². The average Bonchev–Trinajstić information content (AvgIpc) is 2.44. The van der Waals surface area contributed by atoms with Crippen LogP contribution in [0.4, 0.5) is 13.2 Å². The normalized spacial score (nSPS) is 13.0. The molecule has 2 nitrogen and oxygen atoms in total. The Hall–Kier alpha value is -2.01. The Kier molecular flexibility index (Phi) is 4.53. The fourth-order valence-electron chi connectivity index (χ4n) is 2.10. The molecule has 2 rings (SSSR count). The zero-order chi connectivity index (χ0) is 15.5. The maximum Gasteiger partial charge on any atom is 0.419 e. The van der Waals surface area contributed by atoms with Crippen LogP contribution in [0.25, 0.3) is 0 Å². The van der Waals surface area contributed by atoms with E-state index in [1.165, 1.54) is 18.2 Å². The second-order valence-electron chi connectivity index (χ2n) is 4.77. The highest BCUT2D eigenvalue weighted by atomic mass is 19.4. The number of benzene rings is 2. The van der Waals surface area contributed by atoms with E-state index in [9.17, 15) is 13.2 Å². The van der Waals surface area contributed by atoms with Crippen LogP contribution in [0.3, 0.4) is 0 Å². The fraction of sp³-hybridized carbons (Fsp3) is 0.250. The number of hydrogen-bond donors (Lipinski definition) is 1. The number of hydrogen-bond acceptors (Lipinski definition) is 2. The van der Waals surface area contributed by atoms with E-state index in [1.807, 2.05) is 31.2 Å². The first-order valence-electron chi connectivity index (χ1n) is 6.49. The van der Waals surface area contributed by atoms with E-state index in [2.05, 4.69) is 0 Å². The third-order valence-electron chi connectivity index (χ3n) is 3.20. The van der Waals surface area contributed by atoms with Crippen molar-refractivity contribution in [3.63, 3.8) is 0 Å². The van der Waals surface area contributed by atoms with Gasteiger partial charge >= 0.3 is 6.18 Å². The smallest absolute Gasteiger partial charge is 0.419 e. The molecular formula is C16H16F3NO. The van der Waals surface area contributed by atoms with E-state index in [0.29, 0.717) is 0 Å². The molecule has 0 saturated heterocycles. The van der Waals surface area contributed by atoms with Gasteiger partial charge in [0.15, 0.2) is 0 Å². The lowest BCUT2D eigenvalue weighted by atomic mass is 10.0. The topological polar surface area (TPSA) is 35.2 Å².